The lowest BCUT2D eigenvalue weighted by Crippen LogP contribution is -2.00. The second-order valence-corrected chi connectivity index (χ2v) is 12.8. The third-order valence-corrected chi connectivity index (χ3v) is 9.70. The van der Waals surface area contributed by atoms with Crippen LogP contribution in [0, 0.1) is 0 Å². The molecule has 8 aromatic carbocycles. The molecule has 0 N–H and O–H groups in total. The summed E-state index contributed by atoms with van der Waals surface area (Å²) in [5, 5.41) is 6.83. The van der Waals surface area contributed by atoms with E-state index in [1.165, 1.54) is 21.9 Å². The minimum absolute atomic E-state index is 0.595. The lowest BCUT2D eigenvalue weighted by atomic mass is 9.92. The van der Waals surface area contributed by atoms with Crippen molar-refractivity contribution >= 4 is 43.5 Å². The van der Waals surface area contributed by atoms with E-state index in [1.54, 1.807) is 0 Å². The summed E-state index contributed by atoms with van der Waals surface area (Å²) in [6.45, 7) is 0. The summed E-state index contributed by atoms with van der Waals surface area (Å²) in [5.41, 5.74) is 9.06. The minimum Gasteiger partial charge on any atom is -0.455 e. The van der Waals surface area contributed by atoms with Crippen molar-refractivity contribution in [1.29, 1.82) is 0 Å². The van der Waals surface area contributed by atoms with Crippen LogP contribution in [0.3, 0.4) is 0 Å². The summed E-state index contributed by atoms with van der Waals surface area (Å²) in [6, 6.07) is 61.1. The molecule has 4 nitrogen and oxygen atoms in total. The number of fused-ring (bicyclic) bond motifs is 6. The van der Waals surface area contributed by atoms with Gasteiger partial charge < -0.3 is 4.42 Å². The topological polar surface area (TPSA) is 51.8 Å². The first-order valence-corrected chi connectivity index (χ1v) is 17.1. The Kier molecular flexibility index (Phi) is 6.78. The van der Waals surface area contributed by atoms with Crippen molar-refractivity contribution in [3.63, 3.8) is 0 Å². The van der Waals surface area contributed by atoms with Gasteiger partial charge >= 0.3 is 0 Å². The quantitative estimate of drug-likeness (QED) is 0.186. The first-order valence-electron chi connectivity index (χ1n) is 17.1. The third kappa shape index (κ3) is 5.04. The van der Waals surface area contributed by atoms with E-state index < -0.39 is 0 Å². The number of furan rings is 1. The van der Waals surface area contributed by atoms with Gasteiger partial charge in [0.1, 0.15) is 11.2 Å². The molecule has 0 atom stereocenters. The summed E-state index contributed by atoms with van der Waals surface area (Å²) < 4.78 is 6.82. The zero-order chi connectivity index (χ0) is 33.7. The van der Waals surface area contributed by atoms with Gasteiger partial charge in [0.05, 0.1) is 0 Å². The molecule has 0 bridgehead atoms. The maximum atomic E-state index is 6.82. The van der Waals surface area contributed by atoms with Crippen molar-refractivity contribution in [2.45, 2.75) is 0 Å². The van der Waals surface area contributed by atoms with Crippen molar-refractivity contribution in [2.24, 2.45) is 0 Å². The Bertz CT molecular complexity index is 2850. The molecule has 4 heteroatoms. The third-order valence-electron chi connectivity index (χ3n) is 9.70. The molecule has 2 heterocycles. The Morgan fingerprint density at radius 1 is 0.333 bits per heavy atom. The summed E-state index contributed by atoms with van der Waals surface area (Å²) >= 11 is 0. The minimum atomic E-state index is 0.595. The standard InChI is InChI=1S/C47H29N3O/c1-3-14-31(15-4-1)45-48-46(32-16-5-2-6-17-32)50-47(49-45)36-25-26-40-42(29-36)51-44-39-23-10-8-18-35(39)28-41(43(40)44)34-21-11-20-33(27-34)38-24-12-19-30-13-7-9-22-37(30)38/h1-29H. The van der Waals surface area contributed by atoms with Gasteiger partial charge in [-0.3, -0.25) is 0 Å². The summed E-state index contributed by atoms with van der Waals surface area (Å²) in [7, 11) is 0. The fraction of sp³-hybridized carbons (Fsp3) is 0. The summed E-state index contributed by atoms with van der Waals surface area (Å²) in [5.74, 6) is 1.85. The van der Waals surface area contributed by atoms with Crippen LogP contribution in [0.4, 0.5) is 0 Å². The van der Waals surface area contributed by atoms with E-state index >= 15 is 0 Å². The summed E-state index contributed by atoms with van der Waals surface area (Å²) in [4.78, 5) is 14.8. The molecule has 0 unspecified atom stereocenters. The molecule has 0 aliphatic carbocycles. The van der Waals surface area contributed by atoms with Crippen LogP contribution < -0.4 is 0 Å². The zero-order valence-electron chi connectivity index (χ0n) is 27.5. The van der Waals surface area contributed by atoms with Crippen LogP contribution in [0.15, 0.2) is 180 Å². The number of benzene rings is 8. The zero-order valence-corrected chi connectivity index (χ0v) is 27.5. The molecule has 0 saturated carbocycles. The van der Waals surface area contributed by atoms with Gasteiger partial charge in [0.2, 0.25) is 0 Å². The Morgan fingerprint density at radius 2 is 0.882 bits per heavy atom. The Morgan fingerprint density at radius 3 is 1.61 bits per heavy atom. The fourth-order valence-corrected chi connectivity index (χ4v) is 7.25. The molecule has 51 heavy (non-hydrogen) atoms. The van der Waals surface area contributed by atoms with Crippen molar-refractivity contribution in [3.05, 3.63) is 176 Å². The lowest BCUT2D eigenvalue weighted by Gasteiger charge is -2.11. The molecule has 10 rings (SSSR count). The maximum absolute atomic E-state index is 6.82. The molecule has 0 radical (unpaired) electrons. The van der Waals surface area contributed by atoms with E-state index in [9.17, 15) is 0 Å². The van der Waals surface area contributed by atoms with Gasteiger partial charge in [0.25, 0.3) is 0 Å². The normalized spacial score (nSPS) is 11.5. The number of nitrogens with zero attached hydrogens (tertiary/aromatic N) is 3. The van der Waals surface area contributed by atoms with Gasteiger partial charge in [-0.25, -0.2) is 15.0 Å². The smallest absolute Gasteiger partial charge is 0.164 e. The average Bonchev–Trinajstić information content (AvgIpc) is 3.60. The van der Waals surface area contributed by atoms with E-state index in [4.69, 9.17) is 19.4 Å². The SMILES string of the molecule is c1ccc(-c2nc(-c3ccccc3)nc(-c3ccc4c(c3)oc3c5ccccc5cc(-c5cccc(-c6cccc7ccccc67)c5)c43)n2)cc1. The van der Waals surface area contributed by atoms with Crippen molar-refractivity contribution in [3.8, 4) is 56.4 Å². The van der Waals surface area contributed by atoms with Crippen LogP contribution in [0.2, 0.25) is 0 Å². The first kappa shape index (κ1) is 29.0. The van der Waals surface area contributed by atoms with Crippen LogP contribution in [-0.4, -0.2) is 15.0 Å². The van der Waals surface area contributed by atoms with E-state index in [-0.39, 0.29) is 0 Å². The molecule has 0 fully saturated rings. The molecule has 238 valence electrons. The monoisotopic (exact) mass is 651 g/mol. The molecule has 2 aromatic heterocycles. The molecular weight excluding hydrogens is 623 g/mol. The predicted molar refractivity (Wildman–Crippen MR) is 209 cm³/mol. The largest absolute Gasteiger partial charge is 0.455 e. The lowest BCUT2D eigenvalue weighted by molar-refractivity contribution is 0.673. The number of aromatic nitrogens is 3. The van der Waals surface area contributed by atoms with Crippen LogP contribution >= 0.6 is 0 Å². The van der Waals surface area contributed by atoms with Gasteiger partial charge in [-0.05, 0) is 62.7 Å². The molecule has 0 saturated heterocycles. The molecule has 0 spiro atoms. The fourth-order valence-electron chi connectivity index (χ4n) is 7.25. The molecule has 0 aliphatic heterocycles. The van der Waals surface area contributed by atoms with Crippen LogP contribution in [-0.2, 0) is 0 Å². The number of hydrogen-bond donors (Lipinski definition) is 0. The van der Waals surface area contributed by atoms with Gasteiger partial charge in [0, 0.05) is 32.8 Å². The molecule has 0 aliphatic rings. The van der Waals surface area contributed by atoms with Gasteiger partial charge in [-0.15, -0.1) is 0 Å². The predicted octanol–water partition coefficient (Wildman–Crippen LogP) is 12.4. The van der Waals surface area contributed by atoms with Gasteiger partial charge in [0.15, 0.2) is 17.5 Å². The van der Waals surface area contributed by atoms with E-state index in [2.05, 4.69) is 115 Å². The van der Waals surface area contributed by atoms with E-state index in [1.807, 2.05) is 60.7 Å². The highest BCUT2D eigenvalue weighted by Gasteiger charge is 2.19. The van der Waals surface area contributed by atoms with Crippen molar-refractivity contribution in [1.82, 2.24) is 15.0 Å². The van der Waals surface area contributed by atoms with Gasteiger partial charge in [-0.1, -0.05) is 152 Å². The highest BCUT2D eigenvalue weighted by molar-refractivity contribution is 6.21. The van der Waals surface area contributed by atoms with Crippen LogP contribution in [0.5, 0.6) is 0 Å². The van der Waals surface area contributed by atoms with Crippen molar-refractivity contribution < 1.29 is 4.42 Å². The molecular formula is C47H29N3O. The number of rotatable bonds is 5. The molecule has 0 amide bonds. The first-order chi connectivity index (χ1) is 25.3. The van der Waals surface area contributed by atoms with E-state index in [0.717, 1.165) is 60.5 Å². The van der Waals surface area contributed by atoms with Gasteiger partial charge in [-0.2, -0.15) is 0 Å². The Labute approximate surface area is 294 Å². The highest BCUT2D eigenvalue weighted by atomic mass is 16.3. The Balaban J connectivity index is 1.17. The van der Waals surface area contributed by atoms with Crippen molar-refractivity contribution in [2.75, 3.05) is 0 Å². The van der Waals surface area contributed by atoms with Crippen LogP contribution in [0.1, 0.15) is 0 Å². The average molecular weight is 652 g/mol. The maximum Gasteiger partial charge on any atom is 0.164 e. The van der Waals surface area contributed by atoms with Crippen LogP contribution in [0.25, 0.3) is 99.9 Å². The molecule has 10 aromatic rings. The number of hydrogen-bond acceptors (Lipinski definition) is 4. The van der Waals surface area contributed by atoms with E-state index in [0.29, 0.717) is 17.5 Å². The summed E-state index contributed by atoms with van der Waals surface area (Å²) in [6.07, 6.45) is 0. The second-order valence-electron chi connectivity index (χ2n) is 12.8. The highest BCUT2D eigenvalue weighted by Crippen LogP contribution is 2.43. The Hall–Kier alpha value is -6.91. The second kappa shape index (κ2) is 11.9.